The molecule has 1 saturated carbocycles. The summed E-state index contributed by atoms with van der Waals surface area (Å²) in [4.78, 5) is 24.3. The van der Waals surface area contributed by atoms with Crippen molar-refractivity contribution in [3.8, 4) is 0 Å². The van der Waals surface area contributed by atoms with Gasteiger partial charge >= 0.3 is 12.0 Å². The van der Waals surface area contributed by atoms with Gasteiger partial charge in [-0.05, 0) is 12.8 Å². The van der Waals surface area contributed by atoms with Crippen molar-refractivity contribution in [2.45, 2.75) is 38.3 Å². The highest BCUT2D eigenvalue weighted by Gasteiger charge is 2.28. The Balaban J connectivity index is 1.92. The van der Waals surface area contributed by atoms with Crippen LogP contribution >= 0.6 is 0 Å². The molecule has 0 unspecified atom stereocenters. The molecule has 0 radical (unpaired) electrons. The first-order valence-corrected chi connectivity index (χ1v) is 6.32. The van der Waals surface area contributed by atoms with Gasteiger partial charge in [-0.15, -0.1) is 0 Å². The average molecular weight is 267 g/mol. The summed E-state index contributed by atoms with van der Waals surface area (Å²) in [5.41, 5.74) is 0.607. The second-order valence-corrected chi connectivity index (χ2v) is 4.61. The SMILES string of the molecule is O=C(O)CN(C(=O)NCc1ccon1)C1CCCC1. The van der Waals surface area contributed by atoms with Gasteiger partial charge in [0.1, 0.15) is 18.5 Å². The summed E-state index contributed by atoms with van der Waals surface area (Å²) >= 11 is 0. The number of nitrogens with one attached hydrogen (secondary N) is 1. The standard InChI is InChI=1S/C12H17N3O4/c16-11(17)8-15(10-3-1-2-4-10)12(18)13-7-9-5-6-19-14-9/h5-6,10H,1-4,7-8H2,(H,13,18)(H,16,17). The van der Waals surface area contributed by atoms with Crippen molar-refractivity contribution in [1.82, 2.24) is 15.4 Å². The molecule has 7 nitrogen and oxygen atoms in total. The largest absolute Gasteiger partial charge is 0.480 e. The summed E-state index contributed by atoms with van der Waals surface area (Å²) in [5, 5.41) is 15.2. The maximum absolute atomic E-state index is 12.1. The molecule has 2 rings (SSSR count). The molecular weight excluding hydrogens is 250 g/mol. The van der Waals surface area contributed by atoms with Crippen LogP contribution in [-0.4, -0.2) is 39.8 Å². The molecule has 2 N–H and O–H groups in total. The Morgan fingerprint density at radius 1 is 1.47 bits per heavy atom. The molecule has 7 heteroatoms. The predicted octanol–water partition coefficient (Wildman–Crippen LogP) is 1.21. The van der Waals surface area contributed by atoms with Gasteiger partial charge in [0.05, 0.1) is 6.54 Å². The zero-order valence-electron chi connectivity index (χ0n) is 10.5. The lowest BCUT2D eigenvalue weighted by molar-refractivity contribution is -0.138. The van der Waals surface area contributed by atoms with Crippen molar-refractivity contribution in [2.24, 2.45) is 0 Å². The van der Waals surface area contributed by atoms with Crippen LogP contribution in [-0.2, 0) is 11.3 Å². The van der Waals surface area contributed by atoms with Gasteiger partial charge in [0.15, 0.2) is 0 Å². The molecule has 1 aromatic heterocycles. The smallest absolute Gasteiger partial charge is 0.323 e. The van der Waals surface area contributed by atoms with Gasteiger partial charge in [0, 0.05) is 12.1 Å². The number of aromatic nitrogens is 1. The number of urea groups is 1. The Labute approximate surface area is 110 Å². The van der Waals surface area contributed by atoms with Crippen LogP contribution in [0.3, 0.4) is 0 Å². The highest BCUT2D eigenvalue weighted by Crippen LogP contribution is 2.23. The Hall–Kier alpha value is -2.05. The number of carboxylic acid groups (broad SMARTS) is 1. The predicted molar refractivity (Wildman–Crippen MR) is 65.3 cm³/mol. The van der Waals surface area contributed by atoms with E-state index in [0.717, 1.165) is 25.7 Å². The van der Waals surface area contributed by atoms with Crippen LogP contribution in [0.4, 0.5) is 4.79 Å². The third-order valence-electron chi connectivity index (χ3n) is 3.24. The summed E-state index contributed by atoms with van der Waals surface area (Å²) in [6, 6.07) is 1.31. The fourth-order valence-corrected chi connectivity index (χ4v) is 2.32. The Kier molecular flexibility index (Phi) is 4.38. The summed E-state index contributed by atoms with van der Waals surface area (Å²) in [5.74, 6) is -0.997. The van der Waals surface area contributed by atoms with Crippen molar-refractivity contribution in [3.63, 3.8) is 0 Å². The molecule has 0 spiro atoms. The number of carbonyl (C=O) groups excluding carboxylic acids is 1. The van der Waals surface area contributed by atoms with Crippen molar-refractivity contribution in [2.75, 3.05) is 6.54 Å². The van der Waals surface area contributed by atoms with Gasteiger partial charge in [-0.1, -0.05) is 18.0 Å². The summed E-state index contributed by atoms with van der Waals surface area (Å²) in [6.45, 7) is -0.0342. The van der Waals surface area contributed by atoms with E-state index in [1.807, 2.05) is 0 Å². The Morgan fingerprint density at radius 2 is 2.21 bits per heavy atom. The number of hydrogen-bond acceptors (Lipinski definition) is 4. The lowest BCUT2D eigenvalue weighted by atomic mass is 10.2. The highest BCUT2D eigenvalue weighted by atomic mass is 16.5. The number of rotatable bonds is 5. The zero-order valence-corrected chi connectivity index (χ0v) is 10.5. The van der Waals surface area contributed by atoms with Crippen LogP contribution in [0.2, 0.25) is 0 Å². The molecular formula is C12H17N3O4. The van der Waals surface area contributed by atoms with Gasteiger partial charge in [-0.25, -0.2) is 4.79 Å². The van der Waals surface area contributed by atoms with E-state index in [1.165, 1.54) is 11.2 Å². The molecule has 1 heterocycles. The molecule has 1 aliphatic carbocycles. The molecule has 1 aliphatic rings. The van der Waals surface area contributed by atoms with Gasteiger partial charge in [0.25, 0.3) is 0 Å². The van der Waals surface area contributed by atoms with Gasteiger partial charge < -0.3 is 19.8 Å². The van der Waals surface area contributed by atoms with Crippen LogP contribution in [0.25, 0.3) is 0 Å². The molecule has 0 aromatic carbocycles. The minimum absolute atomic E-state index is 0.0217. The summed E-state index contributed by atoms with van der Waals surface area (Å²) < 4.78 is 4.66. The zero-order chi connectivity index (χ0) is 13.7. The number of aliphatic carboxylic acids is 1. The molecule has 19 heavy (non-hydrogen) atoms. The monoisotopic (exact) mass is 267 g/mol. The van der Waals surface area contributed by atoms with Crippen LogP contribution in [0, 0.1) is 0 Å². The second-order valence-electron chi connectivity index (χ2n) is 4.61. The molecule has 1 fully saturated rings. The van der Waals surface area contributed by atoms with Gasteiger partial charge in [-0.2, -0.15) is 0 Å². The maximum atomic E-state index is 12.1. The van der Waals surface area contributed by atoms with Gasteiger partial charge in [0.2, 0.25) is 0 Å². The van der Waals surface area contributed by atoms with E-state index in [2.05, 4.69) is 15.0 Å². The highest BCUT2D eigenvalue weighted by molar-refractivity contribution is 5.80. The summed E-state index contributed by atoms with van der Waals surface area (Å²) in [7, 11) is 0. The van der Waals surface area contributed by atoms with E-state index in [4.69, 9.17) is 5.11 Å². The fourth-order valence-electron chi connectivity index (χ4n) is 2.32. The minimum Gasteiger partial charge on any atom is -0.480 e. The van der Waals surface area contributed by atoms with Crippen molar-refractivity contribution < 1.29 is 19.2 Å². The third-order valence-corrected chi connectivity index (χ3v) is 3.24. The van der Waals surface area contributed by atoms with E-state index in [9.17, 15) is 9.59 Å². The molecule has 0 aliphatic heterocycles. The van der Waals surface area contributed by atoms with E-state index in [-0.39, 0.29) is 25.2 Å². The molecule has 1 aromatic rings. The molecule has 0 saturated heterocycles. The molecule has 2 amide bonds. The number of carbonyl (C=O) groups is 2. The molecule has 0 bridgehead atoms. The van der Waals surface area contributed by atoms with E-state index in [1.54, 1.807) is 6.07 Å². The lowest BCUT2D eigenvalue weighted by Gasteiger charge is -2.27. The quantitative estimate of drug-likeness (QED) is 0.836. The van der Waals surface area contributed by atoms with Crippen LogP contribution in [0.15, 0.2) is 16.9 Å². The van der Waals surface area contributed by atoms with Gasteiger partial charge in [-0.3, -0.25) is 4.79 Å². The average Bonchev–Trinajstić information content (AvgIpc) is 3.05. The van der Waals surface area contributed by atoms with E-state index < -0.39 is 5.97 Å². The van der Waals surface area contributed by atoms with Crippen LogP contribution in [0.1, 0.15) is 31.4 Å². The molecule has 0 atom stereocenters. The topological polar surface area (TPSA) is 95.7 Å². The third kappa shape index (κ3) is 3.70. The fraction of sp³-hybridized carbons (Fsp3) is 0.583. The maximum Gasteiger partial charge on any atom is 0.323 e. The second kappa shape index (κ2) is 6.21. The van der Waals surface area contributed by atoms with Crippen molar-refractivity contribution >= 4 is 12.0 Å². The number of carboxylic acids is 1. The van der Waals surface area contributed by atoms with Crippen LogP contribution < -0.4 is 5.32 Å². The van der Waals surface area contributed by atoms with E-state index in [0.29, 0.717) is 5.69 Å². The summed E-state index contributed by atoms with van der Waals surface area (Å²) in [6.07, 6.45) is 5.23. The number of nitrogens with zero attached hydrogens (tertiary/aromatic N) is 2. The Morgan fingerprint density at radius 3 is 2.79 bits per heavy atom. The van der Waals surface area contributed by atoms with E-state index >= 15 is 0 Å². The van der Waals surface area contributed by atoms with Crippen LogP contribution in [0.5, 0.6) is 0 Å². The first-order chi connectivity index (χ1) is 9.16. The normalized spacial score (nSPS) is 15.4. The lowest BCUT2D eigenvalue weighted by Crippen LogP contribution is -2.47. The Bertz CT molecular complexity index is 426. The number of amides is 2. The van der Waals surface area contributed by atoms with Crippen molar-refractivity contribution in [1.29, 1.82) is 0 Å². The molecule has 104 valence electrons. The first-order valence-electron chi connectivity index (χ1n) is 6.32. The van der Waals surface area contributed by atoms with Crippen molar-refractivity contribution in [3.05, 3.63) is 18.0 Å². The first kappa shape index (κ1) is 13.4. The minimum atomic E-state index is -0.997. The number of hydrogen-bond donors (Lipinski definition) is 2.